The molecule has 0 aromatic carbocycles. The van der Waals surface area contributed by atoms with Crippen molar-refractivity contribution in [2.45, 2.75) is 46.0 Å². The summed E-state index contributed by atoms with van der Waals surface area (Å²) in [6.07, 6.45) is 5.18. The molecule has 0 atom stereocenters. The lowest BCUT2D eigenvalue weighted by Gasteiger charge is -2.29. The monoisotopic (exact) mass is 212 g/mol. The van der Waals surface area contributed by atoms with Gasteiger partial charge in [0.05, 0.1) is 0 Å². The molecule has 1 aliphatic heterocycles. The second kappa shape index (κ2) is 5.50. The molecule has 15 heavy (non-hydrogen) atoms. The van der Waals surface area contributed by atoms with E-state index in [9.17, 15) is 4.79 Å². The molecule has 0 aromatic rings. The van der Waals surface area contributed by atoms with Crippen LogP contribution in [0.5, 0.6) is 0 Å². The number of rotatable bonds is 5. The van der Waals surface area contributed by atoms with Crippen molar-refractivity contribution >= 4 is 5.91 Å². The van der Waals surface area contributed by atoms with E-state index in [1.165, 1.54) is 6.42 Å². The van der Waals surface area contributed by atoms with Gasteiger partial charge in [-0.25, -0.2) is 0 Å². The Morgan fingerprint density at radius 1 is 1.40 bits per heavy atom. The van der Waals surface area contributed by atoms with Crippen LogP contribution in [0.1, 0.15) is 46.0 Å². The number of hydrogen-bond acceptors (Lipinski definition) is 2. The molecule has 0 unspecified atom stereocenters. The molecule has 0 spiro atoms. The van der Waals surface area contributed by atoms with Crippen LogP contribution in [0.25, 0.3) is 0 Å². The first-order valence-corrected chi connectivity index (χ1v) is 6.03. The number of nitrogens with zero attached hydrogens (tertiary/aromatic N) is 1. The van der Waals surface area contributed by atoms with Crippen molar-refractivity contribution in [1.82, 2.24) is 4.90 Å². The maximum Gasteiger partial charge on any atom is 0.222 e. The first kappa shape index (κ1) is 12.5. The summed E-state index contributed by atoms with van der Waals surface area (Å²) in [7, 11) is 0. The molecule has 1 saturated heterocycles. The minimum atomic E-state index is 0.221. The van der Waals surface area contributed by atoms with Gasteiger partial charge in [-0.15, -0.1) is 0 Å². The average molecular weight is 212 g/mol. The number of nitrogens with two attached hydrogens (primary N) is 1. The van der Waals surface area contributed by atoms with Gasteiger partial charge in [0.15, 0.2) is 0 Å². The Kier molecular flexibility index (Phi) is 4.58. The predicted octanol–water partition coefficient (Wildman–Crippen LogP) is 1.76. The summed E-state index contributed by atoms with van der Waals surface area (Å²) in [6, 6.07) is 0. The largest absolute Gasteiger partial charge is 0.343 e. The number of likely N-dealkylation sites (tertiary alicyclic amines) is 1. The molecule has 3 heteroatoms. The molecule has 1 aliphatic rings. The molecular formula is C12H24N2O. The van der Waals surface area contributed by atoms with E-state index in [2.05, 4.69) is 13.8 Å². The quantitative estimate of drug-likeness (QED) is 0.755. The van der Waals surface area contributed by atoms with Gasteiger partial charge in [-0.3, -0.25) is 4.79 Å². The zero-order chi connectivity index (χ0) is 11.3. The van der Waals surface area contributed by atoms with Gasteiger partial charge < -0.3 is 10.6 Å². The second-order valence-corrected chi connectivity index (χ2v) is 5.31. The van der Waals surface area contributed by atoms with Crippen LogP contribution >= 0.6 is 0 Å². The van der Waals surface area contributed by atoms with E-state index < -0.39 is 0 Å². The van der Waals surface area contributed by atoms with E-state index in [-0.39, 0.29) is 5.41 Å². The fourth-order valence-electron chi connectivity index (χ4n) is 1.95. The molecule has 1 heterocycles. The summed E-state index contributed by atoms with van der Waals surface area (Å²) >= 11 is 0. The Morgan fingerprint density at radius 2 is 2.13 bits per heavy atom. The Labute approximate surface area is 93.0 Å². The molecule has 1 rings (SSSR count). The molecule has 1 amide bonds. The molecule has 88 valence electrons. The normalized spacial score (nSPS) is 18.3. The van der Waals surface area contributed by atoms with Gasteiger partial charge in [-0.2, -0.15) is 0 Å². The van der Waals surface area contributed by atoms with Crippen LogP contribution in [0.2, 0.25) is 0 Å². The van der Waals surface area contributed by atoms with Crippen molar-refractivity contribution in [3.05, 3.63) is 0 Å². The fraction of sp³-hybridized carbons (Fsp3) is 0.917. The lowest BCUT2D eigenvalue weighted by molar-refractivity contribution is -0.133. The summed E-state index contributed by atoms with van der Waals surface area (Å²) in [6.45, 7) is 6.97. The third kappa shape index (κ3) is 4.20. The van der Waals surface area contributed by atoms with Crippen molar-refractivity contribution < 1.29 is 4.79 Å². The molecule has 0 aromatic heterocycles. The first-order chi connectivity index (χ1) is 7.05. The van der Waals surface area contributed by atoms with Gasteiger partial charge in [-0.05, 0) is 37.6 Å². The highest BCUT2D eigenvalue weighted by molar-refractivity contribution is 5.76. The van der Waals surface area contributed by atoms with E-state index in [1.807, 2.05) is 4.90 Å². The van der Waals surface area contributed by atoms with Crippen LogP contribution in [0.15, 0.2) is 0 Å². The van der Waals surface area contributed by atoms with Gasteiger partial charge in [0, 0.05) is 19.5 Å². The molecule has 1 fully saturated rings. The van der Waals surface area contributed by atoms with Crippen LogP contribution in [-0.2, 0) is 4.79 Å². The minimum absolute atomic E-state index is 0.221. The summed E-state index contributed by atoms with van der Waals surface area (Å²) in [5.74, 6) is 0.340. The van der Waals surface area contributed by atoms with Gasteiger partial charge in [-0.1, -0.05) is 13.8 Å². The highest BCUT2D eigenvalue weighted by Gasteiger charge is 2.19. The summed E-state index contributed by atoms with van der Waals surface area (Å²) in [5.41, 5.74) is 5.89. The van der Waals surface area contributed by atoms with Gasteiger partial charge in [0.2, 0.25) is 5.91 Å². The standard InChI is InChI=1S/C12H24N2O/c1-12(2,10-13)7-5-9-14-8-4-3-6-11(14)15/h3-10,13H2,1-2H3. The third-order valence-electron chi connectivity index (χ3n) is 3.26. The van der Waals surface area contributed by atoms with Gasteiger partial charge in [0.1, 0.15) is 0 Å². The number of carbonyl (C=O) groups is 1. The van der Waals surface area contributed by atoms with Gasteiger partial charge >= 0.3 is 0 Å². The Morgan fingerprint density at radius 3 is 2.73 bits per heavy atom. The zero-order valence-electron chi connectivity index (χ0n) is 10.1. The molecule has 3 nitrogen and oxygen atoms in total. The smallest absolute Gasteiger partial charge is 0.222 e. The summed E-state index contributed by atoms with van der Waals surface area (Å²) in [4.78, 5) is 13.5. The van der Waals surface area contributed by atoms with Crippen molar-refractivity contribution in [2.24, 2.45) is 11.1 Å². The number of carbonyl (C=O) groups excluding carboxylic acids is 1. The summed E-state index contributed by atoms with van der Waals surface area (Å²) in [5, 5.41) is 0. The highest BCUT2D eigenvalue weighted by atomic mass is 16.2. The summed E-state index contributed by atoms with van der Waals surface area (Å²) < 4.78 is 0. The molecule has 2 N–H and O–H groups in total. The van der Waals surface area contributed by atoms with Crippen molar-refractivity contribution in [1.29, 1.82) is 0 Å². The predicted molar refractivity (Wildman–Crippen MR) is 62.5 cm³/mol. The molecule has 0 radical (unpaired) electrons. The molecule has 0 saturated carbocycles. The zero-order valence-corrected chi connectivity index (χ0v) is 10.1. The number of hydrogen-bond donors (Lipinski definition) is 1. The maximum atomic E-state index is 11.5. The maximum absolute atomic E-state index is 11.5. The molecule has 0 bridgehead atoms. The number of piperidine rings is 1. The van der Waals surface area contributed by atoms with Gasteiger partial charge in [0.25, 0.3) is 0 Å². The fourth-order valence-corrected chi connectivity index (χ4v) is 1.95. The van der Waals surface area contributed by atoms with E-state index in [4.69, 9.17) is 5.73 Å². The molecular weight excluding hydrogens is 188 g/mol. The molecule has 0 aliphatic carbocycles. The Hall–Kier alpha value is -0.570. The average Bonchev–Trinajstić information content (AvgIpc) is 2.21. The number of amides is 1. The van der Waals surface area contributed by atoms with Crippen LogP contribution < -0.4 is 5.73 Å². The van der Waals surface area contributed by atoms with Crippen LogP contribution in [0.3, 0.4) is 0 Å². The lowest BCUT2D eigenvalue weighted by Crippen LogP contribution is -2.36. The van der Waals surface area contributed by atoms with E-state index in [0.29, 0.717) is 5.91 Å². The van der Waals surface area contributed by atoms with Crippen molar-refractivity contribution in [2.75, 3.05) is 19.6 Å². The Bertz CT molecular complexity index is 214. The van der Waals surface area contributed by atoms with Crippen LogP contribution in [0.4, 0.5) is 0 Å². The highest BCUT2D eigenvalue weighted by Crippen LogP contribution is 2.21. The third-order valence-corrected chi connectivity index (χ3v) is 3.26. The van der Waals surface area contributed by atoms with E-state index >= 15 is 0 Å². The second-order valence-electron chi connectivity index (χ2n) is 5.31. The van der Waals surface area contributed by atoms with Crippen LogP contribution in [-0.4, -0.2) is 30.4 Å². The minimum Gasteiger partial charge on any atom is -0.343 e. The van der Waals surface area contributed by atoms with E-state index in [1.54, 1.807) is 0 Å². The van der Waals surface area contributed by atoms with E-state index in [0.717, 1.165) is 45.3 Å². The first-order valence-electron chi connectivity index (χ1n) is 6.03. The van der Waals surface area contributed by atoms with Crippen LogP contribution in [0, 0.1) is 5.41 Å². The SMILES string of the molecule is CC(C)(CN)CCCN1CCCCC1=O. The lowest BCUT2D eigenvalue weighted by atomic mass is 9.88. The Balaban J connectivity index is 2.21. The van der Waals surface area contributed by atoms with Crippen molar-refractivity contribution in [3.63, 3.8) is 0 Å². The van der Waals surface area contributed by atoms with Crippen molar-refractivity contribution in [3.8, 4) is 0 Å². The topological polar surface area (TPSA) is 46.3 Å².